The topological polar surface area (TPSA) is 44.6 Å². The molecular formula is C12H16Cl2N2O. The number of nitrogens with one attached hydrogen (secondary N) is 1. The van der Waals surface area contributed by atoms with Crippen LogP contribution in [0.4, 0.5) is 0 Å². The van der Waals surface area contributed by atoms with E-state index < -0.39 is 0 Å². The van der Waals surface area contributed by atoms with Crippen LogP contribution in [0.5, 0.6) is 5.75 Å². The van der Waals surface area contributed by atoms with Gasteiger partial charge >= 0.3 is 0 Å². The monoisotopic (exact) mass is 274 g/mol. The van der Waals surface area contributed by atoms with Crippen LogP contribution in [0.3, 0.4) is 0 Å². The molecule has 94 valence electrons. The number of aliphatic imine (C=N–C) groups is 1. The Bertz CT molecular complexity index is 406. The van der Waals surface area contributed by atoms with E-state index in [4.69, 9.17) is 23.2 Å². The van der Waals surface area contributed by atoms with Gasteiger partial charge in [0.2, 0.25) is 0 Å². The zero-order valence-corrected chi connectivity index (χ0v) is 11.4. The number of hydrogen-bond donors (Lipinski definition) is 2. The fourth-order valence-corrected chi connectivity index (χ4v) is 1.77. The second-order valence-electron chi connectivity index (χ2n) is 3.97. The molecule has 1 rings (SSSR count). The molecule has 0 aliphatic rings. The van der Waals surface area contributed by atoms with Gasteiger partial charge in [-0.2, -0.15) is 0 Å². The molecule has 2 N–H and O–H groups in total. The van der Waals surface area contributed by atoms with Gasteiger partial charge in [0, 0.05) is 29.4 Å². The van der Waals surface area contributed by atoms with E-state index in [1.54, 1.807) is 12.3 Å². The number of benzene rings is 1. The maximum Gasteiger partial charge on any atom is 0.143 e. The minimum absolute atomic E-state index is 0.0108. The van der Waals surface area contributed by atoms with E-state index in [9.17, 15) is 5.11 Å². The van der Waals surface area contributed by atoms with Gasteiger partial charge in [-0.1, -0.05) is 37.0 Å². The molecule has 17 heavy (non-hydrogen) atoms. The molecule has 3 nitrogen and oxygen atoms in total. The average Bonchev–Trinajstić information content (AvgIpc) is 2.23. The van der Waals surface area contributed by atoms with Crippen LogP contribution in [0.1, 0.15) is 19.4 Å². The Hall–Kier alpha value is -0.770. The van der Waals surface area contributed by atoms with Crippen molar-refractivity contribution in [2.24, 2.45) is 4.99 Å². The number of rotatable bonds is 5. The van der Waals surface area contributed by atoms with Crippen LogP contribution in [0, 0.1) is 0 Å². The van der Waals surface area contributed by atoms with E-state index in [1.807, 2.05) is 0 Å². The molecule has 0 saturated carbocycles. The molecule has 1 aromatic carbocycles. The lowest BCUT2D eigenvalue weighted by Gasteiger charge is -2.05. The first-order valence-electron chi connectivity index (χ1n) is 5.42. The van der Waals surface area contributed by atoms with Crippen molar-refractivity contribution in [1.29, 1.82) is 0 Å². The largest absolute Gasteiger partial charge is 0.506 e. The highest BCUT2D eigenvalue weighted by molar-refractivity contribution is 6.36. The van der Waals surface area contributed by atoms with Crippen molar-refractivity contribution in [3.05, 3.63) is 27.7 Å². The third-order valence-corrected chi connectivity index (χ3v) is 2.59. The maximum atomic E-state index is 9.67. The average molecular weight is 275 g/mol. The predicted octanol–water partition coefficient (Wildman–Crippen LogP) is 3.12. The molecule has 0 radical (unpaired) electrons. The minimum Gasteiger partial charge on any atom is -0.506 e. The lowest BCUT2D eigenvalue weighted by atomic mass is 10.2. The number of halogens is 2. The summed E-state index contributed by atoms with van der Waals surface area (Å²) in [5, 5.41) is 13.6. The molecule has 0 atom stereocenters. The van der Waals surface area contributed by atoms with Crippen LogP contribution in [-0.4, -0.2) is 30.5 Å². The van der Waals surface area contributed by atoms with Crippen LogP contribution < -0.4 is 5.32 Å². The van der Waals surface area contributed by atoms with Gasteiger partial charge in [-0.15, -0.1) is 0 Å². The predicted molar refractivity (Wildman–Crippen MR) is 73.7 cm³/mol. The summed E-state index contributed by atoms with van der Waals surface area (Å²) in [7, 11) is 0. The van der Waals surface area contributed by atoms with Gasteiger partial charge in [-0.05, 0) is 12.1 Å². The molecule has 0 unspecified atom stereocenters. The summed E-state index contributed by atoms with van der Waals surface area (Å²) in [6.07, 6.45) is 1.58. The second kappa shape index (κ2) is 6.84. The summed E-state index contributed by atoms with van der Waals surface area (Å²) in [5.74, 6) is 0.0108. The number of aromatic hydroxyl groups is 1. The highest BCUT2D eigenvalue weighted by atomic mass is 35.5. The summed E-state index contributed by atoms with van der Waals surface area (Å²) >= 11 is 11.6. The summed E-state index contributed by atoms with van der Waals surface area (Å²) in [6.45, 7) is 5.59. The summed E-state index contributed by atoms with van der Waals surface area (Å²) in [4.78, 5) is 4.19. The first-order chi connectivity index (χ1) is 8.00. The van der Waals surface area contributed by atoms with Gasteiger partial charge in [0.15, 0.2) is 0 Å². The summed E-state index contributed by atoms with van der Waals surface area (Å²) in [5.41, 5.74) is 0.534. The maximum absolute atomic E-state index is 9.67. The molecule has 0 bridgehead atoms. The van der Waals surface area contributed by atoms with Crippen LogP contribution >= 0.6 is 23.2 Å². The van der Waals surface area contributed by atoms with Crippen LogP contribution in [0.25, 0.3) is 0 Å². The smallest absolute Gasteiger partial charge is 0.143 e. The van der Waals surface area contributed by atoms with Crippen LogP contribution in [-0.2, 0) is 0 Å². The van der Waals surface area contributed by atoms with E-state index in [0.29, 0.717) is 23.2 Å². The minimum atomic E-state index is 0.0108. The molecule has 0 aliphatic heterocycles. The van der Waals surface area contributed by atoms with Crippen molar-refractivity contribution >= 4 is 29.4 Å². The van der Waals surface area contributed by atoms with Gasteiger partial charge in [0.05, 0.1) is 11.6 Å². The van der Waals surface area contributed by atoms with Crippen molar-refractivity contribution in [2.75, 3.05) is 13.1 Å². The molecule has 5 heteroatoms. The third-order valence-electron chi connectivity index (χ3n) is 2.08. The third kappa shape index (κ3) is 4.94. The van der Waals surface area contributed by atoms with Gasteiger partial charge in [-0.25, -0.2) is 0 Å². The second-order valence-corrected chi connectivity index (χ2v) is 4.81. The first kappa shape index (κ1) is 14.3. The Kier molecular flexibility index (Phi) is 5.75. The van der Waals surface area contributed by atoms with Crippen LogP contribution in [0.15, 0.2) is 17.1 Å². The molecule has 0 spiro atoms. The van der Waals surface area contributed by atoms with E-state index in [1.165, 1.54) is 6.07 Å². The fourth-order valence-electron chi connectivity index (χ4n) is 1.26. The Labute approximate surface area is 111 Å². The van der Waals surface area contributed by atoms with Crippen molar-refractivity contribution in [2.45, 2.75) is 19.9 Å². The first-order valence-corrected chi connectivity index (χ1v) is 6.17. The lowest BCUT2D eigenvalue weighted by Crippen LogP contribution is -2.25. The Morgan fingerprint density at radius 1 is 1.41 bits per heavy atom. The summed E-state index contributed by atoms with van der Waals surface area (Å²) in [6, 6.07) is 3.57. The normalized spacial score (nSPS) is 11.6. The molecule has 1 aromatic rings. The number of phenolic OH excluding ortho intramolecular Hbond substituents is 1. The zero-order valence-electron chi connectivity index (χ0n) is 9.87. The quantitative estimate of drug-likeness (QED) is 0.640. The Morgan fingerprint density at radius 3 is 2.76 bits per heavy atom. The lowest BCUT2D eigenvalue weighted by molar-refractivity contribution is 0.474. The number of nitrogens with zero attached hydrogens (tertiary/aromatic N) is 1. The van der Waals surface area contributed by atoms with E-state index in [-0.39, 0.29) is 10.8 Å². The zero-order chi connectivity index (χ0) is 12.8. The molecule has 0 aromatic heterocycles. The standard InChI is InChI=1S/C12H16Cl2N2O/c1-8(2)16-4-3-15-7-9-5-10(13)6-11(14)12(9)17/h5-8,16-17H,3-4H2,1-2H3. The molecule has 0 saturated heterocycles. The van der Waals surface area contributed by atoms with Gasteiger partial charge < -0.3 is 10.4 Å². The van der Waals surface area contributed by atoms with Gasteiger partial charge in [0.25, 0.3) is 0 Å². The molecule has 0 aliphatic carbocycles. The molecule has 0 heterocycles. The van der Waals surface area contributed by atoms with Crippen molar-refractivity contribution in [1.82, 2.24) is 5.32 Å². The van der Waals surface area contributed by atoms with Gasteiger partial charge in [0.1, 0.15) is 5.75 Å². The van der Waals surface area contributed by atoms with Crippen molar-refractivity contribution in [3.63, 3.8) is 0 Å². The van der Waals surface area contributed by atoms with E-state index in [0.717, 1.165) is 6.54 Å². The SMILES string of the molecule is CC(C)NCCN=Cc1cc(Cl)cc(Cl)c1O. The fraction of sp³-hybridized carbons (Fsp3) is 0.417. The highest BCUT2D eigenvalue weighted by Crippen LogP contribution is 2.29. The molecule has 0 fully saturated rings. The molecule has 0 amide bonds. The van der Waals surface area contributed by atoms with E-state index in [2.05, 4.69) is 24.2 Å². The van der Waals surface area contributed by atoms with Crippen LogP contribution in [0.2, 0.25) is 10.0 Å². The summed E-state index contributed by atoms with van der Waals surface area (Å²) < 4.78 is 0. The Morgan fingerprint density at radius 2 is 2.12 bits per heavy atom. The van der Waals surface area contributed by atoms with Crippen molar-refractivity contribution in [3.8, 4) is 5.75 Å². The van der Waals surface area contributed by atoms with Gasteiger partial charge in [-0.3, -0.25) is 4.99 Å². The molecular weight excluding hydrogens is 259 g/mol. The number of phenols is 1. The van der Waals surface area contributed by atoms with Crippen molar-refractivity contribution < 1.29 is 5.11 Å². The highest BCUT2D eigenvalue weighted by Gasteiger charge is 2.05. The van der Waals surface area contributed by atoms with E-state index >= 15 is 0 Å². The number of hydrogen-bond acceptors (Lipinski definition) is 3. The Balaban J connectivity index is 2.59.